The normalized spacial score (nSPS) is 13.0. The van der Waals surface area contributed by atoms with Crippen LogP contribution >= 0.6 is 11.6 Å². The van der Waals surface area contributed by atoms with Crippen LogP contribution in [0.3, 0.4) is 0 Å². The summed E-state index contributed by atoms with van der Waals surface area (Å²) in [5.74, 6) is 0.858. The number of nitrogens with one attached hydrogen (secondary N) is 1. The highest BCUT2D eigenvalue weighted by Gasteiger charge is 2.20. The molecule has 28 heavy (non-hydrogen) atoms. The molecule has 1 aliphatic rings. The number of amides is 1. The van der Waals surface area contributed by atoms with Crippen LogP contribution in [0.5, 0.6) is 17.2 Å². The molecule has 1 unspecified atom stereocenters. The van der Waals surface area contributed by atoms with E-state index in [1.807, 2.05) is 12.1 Å². The molecular formula is C20H20ClNO6. The van der Waals surface area contributed by atoms with Gasteiger partial charge < -0.3 is 24.3 Å². The fourth-order valence-electron chi connectivity index (χ4n) is 2.66. The molecule has 0 radical (unpaired) electrons. The SMILES string of the molecule is COc1ccc(Cl)cc1NC(=O)C(C)OC(=O)CCc1ccc2c(c1)OCO2. The van der Waals surface area contributed by atoms with Gasteiger partial charge in [0.1, 0.15) is 5.75 Å². The predicted molar refractivity (Wildman–Crippen MR) is 103 cm³/mol. The van der Waals surface area contributed by atoms with Gasteiger partial charge in [-0.15, -0.1) is 0 Å². The van der Waals surface area contributed by atoms with Crippen LogP contribution < -0.4 is 19.5 Å². The summed E-state index contributed by atoms with van der Waals surface area (Å²) in [6, 6.07) is 10.3. The molecule has 3 rings (SSSR count). The number of benzene rings is 2. The molecular weight excluding hydrogens is 386 g/mol. The van der Waals surface area contributed by atoms with Gasteiger partial charge in [-0.1, -0.05) is 17.7 Å². The Labute approximate surface area is 167 Å². The smallest absolute Gasteiger partial charge is 0.306 e. The number of anilines is 1. The summed E-state index contributed by atoms with van der Waals surface area (Å²) in [6.45, 7) is 1.70. The third-order valence-electron chi connectivity index (χ3n) is 4.15. The highest BCUT2D eigenvalue weighted by Crippen LogP contribution is 2.33. The maximum atomic E-state index is 12.3. The minimum Gasteiger partial charge on any atom is -0.495 e. The molecule has 0 fully saturated rings. The summed E-state index contributed by atoms with van der Waals surface area (Å²) in [6.07, 6.45) is -0.364. The van der Waals surface area contributed by atoms with Crippen molar-refractivity contribution in [3.05, 3.63) is 47.0 Å². The molecule has 0 aromatic heterocycles. The van der Waals surface area contributed by atoms with E-state index in [4.69, 9.17) is 30.5 Å². The summed E-state index contributed by atoms with van der Waals surface area (Å²) >= 11 is 5.95. The van der Waals surface area contributed by atoms with Crippen molar-refractivity contribution in [1.29, 1.82) is 0 Å². The number of carbonyl (C=O) groups excluding carboxylic acids is 2. The van der Waals surface area contributed by atoms with Gasteiger partial charge in [0.15, 0.2) is 17.6 Å². The van der Waals surface area contributed by atoms with Crippen molar-refractivity contribution in [2.45, 2.75) is 25.9 Å². The van der Waals surface area contributed by atoms with Gasteiger partial charge in [-0.3, -0.25) is 9.59 Å². The van der Waals surface area contributed by atoms with Crippen molar-refractivity contribution in [1.82, 2.24) is 0 Å². The second kappa shape index (κ2) is 8.84. The number of fused-ring (bicyclic) bond motifs is 1. The number of esters is 1. The summed E-state index contributed by atoms with van der Waals surface area (Å²) in [5.41, 5.74) is 1.32. The van der Waals surface area contributed by atoms with E-state index in [2.05, 4.69) is 5.32 Å². The quantitative estimate of drug-likeness (QED) is 0.709. The molecule has 1 heterocycles. The lowest BCUT2D eigenvalue weighted by atomic mass is 10.1. The highest BCUT2D eigenvalue weighted by atomic mass is 35.5. The Morgan fingerprint density at radius 2 is 1.96 bits per heavy atom. The molecule has 0 saturated heterocycles. The summed E-state index contributed by atoms with van der Waals surface area (Å²) < 4.78 is 21.0. The van der Waals surface area contributed by atoms with E-state index in [9.17, 15) is 9.59 Å². The minimum atomic E-state index is -0.965. The lowest BCUT2D eigenvalue weighted by Crippen LogP contribution is -2.30. The first kappa shape index (κ1) is 19.8. The van der Waals surface area contributed by atoms with Gasteiger partial charge in [-0.05, 0) is 49.2 Å². The van der Waals surface area contributed by atoms with Crippen molar-refractivity contribution >= 4 is 29.2 Å². The van der Waals surface area contributed by atoms with Gasteiger partial charge >= 0.3 is 5.97 Å². The van der Waals surface area contributed by atoms with Crippen molar-refractivity contribution in [3.8, 4) is 17.2 Å². The minimum absolute atomic E-state index is 0.137. The second-order valence-corrected chi connectivity index (χ2v) is 6.59. The Morgan fingerprint density at radius 3 is 2.75 bits per heavy atom. The van der Waals surface area contributed by atoms with Crippen LogP contribution in [-0.2, 0) is 20.7 Å². The first-order valence-electron chi connectivity index (χ1n) is 8.68. The maximum Gasteiger partial charge on any atom is 0.306 e. The van der Waals surface area contributed by atoms with Crippen molar-refractivity contribution < 1.29 is 28.5 Å². The van der Waals surface area contributed by atoms with E-state index >= 15 is 0 Å². The van der Waals surface area contributed by atoms with E-state index in [1.165, 1.54) is 14.0 Å². The molecule has 148 valence electrons. The molecule has 0 saturated carbocycles. The zero-order valence-corrected chi connectivity index (χ0v) is 16.2. The Bertz CT molecular complexity index is 885. The van der Waals surface area contributed by atoms with Crippen molar-refractivity contribution in [3.63, 3.8) is 0 Å². The Hall–Kier alpha value is -2.93. The Morgan fingerprint density at radius 1 is 1.18 bits per heavy atom. The number of ether oxygens (including phenoxy) is 4. The highest BCUT2D eigenvalue weighted by molar-refractivity contribution is 6.31. The second-order valence-electron chi connectivity index (χ2n) is 6.15. The third kappa shape index (κ3) is 4.86. The van der Waals surface area contributed by atoms with E-state index in [1.54, 1.807) is 24.3 Å². The molecule has 7 nitrogen and oxygen atoms in total. The largest absolute Gasteiger partial charge is 0.495 e. The van der Waals surface area contributed by atoms with Crippen molar-refractivity contribution in [2.75, 3.05) is 19.2 Å². The topological polar surface area (TPSA) is 83.1 Å². The molecule has 1 aliphatic heterocycles. The van der Waals surface area contributed by atoms with Crippen LogP contribution in [0.2, 0.25) is 5.02 Å². The number of hydrogen-bond donors (Lipinski definition) is 1. The Balaban J connectivity index is 1.51. The van der Waals surface area contributed by atoms with E-state index in [-0.39, 0.29) is 13.2 Å². The molecule has 0 aliphatic carbocycles. The van der Waals surface area contributed by atoms with Crippen LogP contribution in [0.1, 0.15) is 18.9 Å². The summed E-state index contributed by atoms with van der Waals surface area (Å²) in [5, 5.41) is 3.10. The number of rotatable bonds is 7. The molecule has 0 spiro atoms. The van der Waals surface area contributed by atoms with Crippen LogP contribution in [-0.4, -0.2) is 31.9 Å². The van der Waals surface area contributed by atoms with E-state index in [0.717, 1.165) is 5.56 Å². The fourth-order valence-corrected chi connectivity index (χ4v) is 2.84. The molecule has 1 N–H and O–H groups in total. The molecule has 2 aromatic rings. The van der Waals surface area contributed by atoms with Gasteiger partial charge in [0.25, 0.3) is 5.91 Å². The number of carbonyl (C=O) groups is 2. The maximum absolute atomic E-state index is 12.3. The van der Waals surface area contributed by atoms with Crippen LogP contribution in [0.25, 0.3) is 0 Å². The molecule has 1 amide bonds. The zero-order valence-electron chi connectivity index (χ0n) is 15.5. The first-order valence-corrected chi connectivity index (χ1v) is 9.06. The van der Waals surface area contributed by atoms with Gasteiger partial charge in [-0.2, -0.15) is 0 Å². The number of methoxy groups -OCH3 is 1. The van der Waals surface area contributed by atoms with E-state index in [0.29, 0.717) is 34.4 Å². The van der Waals surface area contributed by atoms with Crippen LogP contribution in [0.4, 0.5) is 5.69 Å². The van der Waals surface area contributed by atoms with Gasteiger partial charge in [-0.25, -0.2) is 0 Å². The monoisotopic (exact) mass is 405 g/mol. The molecule has 0 bridgehead atoms. The lowest BCUT2D eigenvalue weighted by molar-refractivity contribution is -0.153. The number of aryl methyl sites for hydroxylation is 1. The predicted octanol–water partition coefficient (Wildman–Crippen LogP) is 3.58. The first-order chi connectivity index (χ1) is 13.5. The number of halogens is 1. The lowest BCUT2D eigenvalue weighted by Gasteiger charge is -2.15. The zero-order chi connectivity index (χ0) is 20.1. The van der Waals surface area contributed by atoms with Crippen LogP contribution in [0, 0.1) is 0 Å². The Kier molecular flexibility index (Phi) is 6.26. The average Bonchev–Trinajstić information content (AvgIpc) is 3.14. The van der Waals surface area contributed by atoms with Gasteiger partial charge in [0, 0.05) is 11.4 Å². The van der Waals surface area contributed by atoms with Crippen LogP contribution in [0.15, 0.2) is 36.4 Å². The average molecular weight is 406 g/mol. The third-order valence-corrected chi connectivity index (χ3v) is 4.39. The molecule has 1 atom stereocenters. The van der Waals surface area contributed by atoms with Crippen molar-refractivity contribution in [2.24, 2.45) is 0 Å². The summed E-state index contributed by atoms with van der Waals surface area (Å²) in [7, 11) is 1.48. The fraction of sp³-hybridized carbons (Fsp3) is 0.300. The van der Waals surface area contributed by atoms with Gasteiger partial charge in [0.2, 0.25) is 6.79 Å². The standard InChI is InChI=1S/C20H20ClNO6/c1-12(20(24)22-15-10-14(21)5-7-16(15)25-2)28-19(23)8-4-13-3-6-17-18(9-13)27-11-26-17/h3,5-7,9-10,12H,4,8,11H2,1-2H3,(H,22,24). The summed E-state index contributed by atoms with van der Waals surface area (Å²) in [4.78, 5) is 24.4. The molecule has 2 aromatic carbocycles. The molecule has 8 heteroatoms. The van der Waals surface area contributed by atoms with Gasteiger partial charge in [0.05, 0.1) is 12.8 Å². The van der Waals surface area contributed by atoms with E-state index < -0.39 is 18.0 Å². The number of hydrogen-bond acceptors (Lipinski definition) is 6.